The molecule has 0 saturated carbocycles. The average molecular weight is 758 g/mol. The topological polar surface area (TPSA) is 143 Å². The molecule has 284 valence electrons. The Morgan fingerprint density at radius 3 is 2.35 bits per heavy atom. The second kappa shape index (κ2) is 16.5. The number of aliphatic carboxylic acids is 1. The number of hydrogen-bond acceptors (Lipinski definition) is 9. The van der Waals surface area contributed by atoms with Crippen LogP contribution in [0.25, 0.3) is 17.4 Å². The molecule has 11 nitrogen and oxygen atoms in total. The highest BCUT2D eigenvalue weighted by Gasteiger charge is 2.40. The molecule has 1 aromatic rings. The van der Waals surface area contributed by atoms with Crippen LogP contribution in [0.4, 0.5) is 5.69 Å². The highest BCUT2D eigenvalue weighted by atomic mass is 32.2. The van der Waals surface area contributed by atoms with E-state index in [1.807, 2.05) is 37.3 Å². The van der Waals surface area contributed by atoms with Crippen LogP contribution in [0.1, 0.15) is 90.5 Å². The maximum absolute atomic E-state index is 12.6. The number of carboxylic acids is 1. The molecule has 1 aliphatic carbocycles. The van der Waals surface area contributed by atoms with Crippen LogP contribution in [0.15, 0.2) is 69.6 Å². The van der Waals surface area contributed by atoms with E-state index >= 15 is 0 Å². The molecule has 0 saturated heterocycles. The van der Waals surface area contributed by atoms with E-state index in [0.29, 0.717) is 38.2 Å². The van der Waals surface area contributed by atoms with Crippen molar-refractivity contribution in [2.75, 3.05) is 44.5 Å². The first-order chi connectivity index (χ1) is 24.3. The number of allylic oxidation sites excluding steroid dienone is 3. The maximum atomic E-state index is 12.6. The van der Waals surface area contributed by atoms with Crippen molar-refractivity contribution in [3.63, 3.8) is 0 Å². The molecular weight excluding hydrogens is 705 g/mol. The van der Waals surface area contributed by atoms with Crippen LogP contribution in [0.3, 0.4) is 0 Å². The third-order valence-corrected chi connectivity index (χ3v) is 12.1. The van der Waals surface area contributed by atoms with Crippen molar-refractivity contribution >= 4 is 38.0 Å². The Hall–Kier alpha value is -3.78. The third kappa shape index (κ3) is 9.60. The molecule has 0 atom stereocenters. The van der Waals surface area contributed by atoms with Crippen molar-refractivity contribution < 1.29 is 39.5 Å². The molecule has 0 spiro atoms. The molecule has 0 radical (unpaired) electrons. The molecule has 13 heteroatoms. The number of fused-ring (bicyclic) bond motifs is 2. The van der Waals surface area contributed by atoms with Gasteiger partial charge in [0.25, 0.3) is 20.2 Å². The van der Waals surface area contributed by atoms with Gasteiger partial charge in [-0.3, -0.25) is 13.2 Å². The number of unbranched alkanes of at least 4 members (excludes halogenated alkanes) is 2. The van der Waals surface area contributed by atoms with Crippen molar-refractivity contribution in [1.29, 1.82) is 0 Å². The van der Waals surface area contributed by atoms with Gasteiger partial charge >= 0.3 is 5.97 Å². The molecule has 0 aromatic heterocycles. The van der Waals surface area contributed by atoms with Gasteiger partial charge in [-0.2, -0.15) is 16.8 Å². The first kappa shape index (κ1) is 41.0. The number of rotatable bonds is 16. The Kier molecular flexibility index (Phi) is 13.0. The highest BCUT2D eigenvalue weighted by molar-refractivity contribution is 7.87. The van der Waals surface area contributed by atoms with Gasteiger partial charge in [0, 0.05) is 53.2 Å². The smallest absolute Gasteiger partial charge is 0.303 e. The molecule has 1 N–H and O–H groups in total. The van der Waals surface area contributed by atoms with E-state index in [2.05, 4.69) is 66.5 Å². The summed E-state index contributed by atoms with van der Waals surface area (Å²) in [6, 6.07) is 13.2. The van der Waals surface area contributed by atoms with Gasteiger partial charge in [-0.25, -0.2) is 4.58 Å². The fourth-order valence-electron chi connectivity index (χ4n) is 6.50. The summed E-state index contributed by atoms with van der Waals surface area (Å²) in [4.78, 5) is 13.4. The Balaban J connectivity index is 1.77. The molecular formula is C39H53N2O9S2+. The summed E-state index contributed by atoms with van der Waals surface area (Å²) in [5, 5.41) is 10.0. The Morgan fingerprint density at radius 2 is 1.71 bits per heavy atom. The minimum Gasteiger partial charge on any atom is -0.481 e. The predicted molar refractivity (Wildman–Crippen MR) is 204 cm³/mol. The molecule has 2 heterocycles. The molecule has 0 unspecified atom stereocenters. The normalized spacial score (nSPS) is 16.2. The van der Waals surface area contributed by atoms with E-state index in [4.69, 9.17) is 13.7 Å². The van der Waals surface area contributed by atoms with Gasteiger partial charge in [0.2, 0.25) is 5.36 Å². The van der Waals surface area contributed by atoms with Crippen LogP contribution in [-0.4, -0.2) is 67.5 Å². The molecule has 3 aliphatic rings. The summed E-state index contributed by atoms with van der Waals surface area (Å²) in [6.45, 7) is 14.3. The van der Waals surface area contributed by atoms with E-state index in [1.54, 1.807) is 12.1 Å². The van der Waals surface area contributed by atoms with E-state index in [9.17, 15) is 21.6 Å². The van der Waals surface area contributed by atoms with Crippen molar-refractivity contribution in [3.05, 3.63) is 82.6 Å². The van der Waals surface area contributed by atoms with Gasteiger partial charge < -0.3 is 14.4 Å². The second-order valence-electron chi connectivity index (χ2n) is 14.5. The van der Waals surface area contributed by atoms with Gasteiger partial charge in [-0.1, -0.05) is 53.2 Å². The minimum atomic E-state index is -3.90. The molecule has 0 amide bonds. The lowest BCUT2D eigenvalue weighted by Gasteiger charge is -2.27. The fourth-order valence-corrected chi connectivity index (χ4v) is 7.84. The van der Waals surface area contributed by atoms with Crippen LogP contribution in [0, 0.1) is 0 Å². The number of carbonyl (C=O) groups is 1. The van der Waals surface area contributed by atoms with Crippen molar-refractivity contribution in [2.45, 2.75) is 89.4 Å². The molecule has 0 bridgehead atoms. The zero-order chi connectivity index (χ0) is 38.5. The largest absolute Gasteiger partial charge is 0.481 e. The molecule has 0 fully saturated rings. The van der Waals surface area contributed by atoms with E-state index < -0.39 is 31.6 Å². The number of hydrogen-bond donors (Lipinski definition) is 1. The number of nitrogens with zero attached hydrogens (tertiary/aromatic N) is 2. The van der Waals surface area contributed by atoms with Crippen LogP contribution in [0.2, 0.25) is 0 Å². The van der Waals surface area contributed by atoms with Crippen LogP contribution < -0.4 is 14.8 Å². The van der Waals surface area contributed by atoms with Crippen LogP contribution >= 0.6 is 0 Å². The summed E-state index contributed by atoms with van der Waals surface area (Å²) in [5.41, 5.74) is 3.81. The Labute approximate surface area is 308 Å². The lowest BCUT2D eigenvalue weighted by molar-refractivity contribution is -0.137. The van der Waals surface area contributed by atoms with Gasteiger partial charge in [-0.15, -0.1) is 0 Å². The first-order valence-electron chi connectivity index (χ1n) is 17.6. The maximum Gasteiger partial charge on any atom is 0.303 e. The molecule has 1 aromatic carbocycles. The molecule has 4 rings (SSSR count). The summed E-state index contributed by atoms with van der Waals surface area (Å²) in [5.74, 6) is 0.648. The second-order valence-corrected chi connectivity index (χ2v) is 18.1. The molecule has 52 heavy (non-hydrogen) atoms. The zero-order valence-electron chi connectivity index (χ0n) is 31.6. The highest BCUT2D eigenvalue weighted by Crippen LogP contribution is 2.48. The van der Waals surface area contributed by atoms with E-state index in [-0.39, 0.29) is 22.5 Å². The Bertz CT molecular complexity index is 2090. The lowest BCUT2D eigenvalue weighted by Crippen LogP contribution is -2.31. The SMILES string of the molecule is CC[N+](CCCS(=O)(=O)OC)=c1ccc2c(/C=C/C=C3/N(CCCCCC(=O)O)c4ccc(S(=O)(=O)OC)cc4C3(C)C)cc(C(C)(C)C)oc-2c1. The van der Waals surface area contributed by atoms with Crippen molar-refractivity contribution in [1.82, 2.24) is 4.58 Å². The van der Waals surface area contributed by atoms with Gasteiger partial charge in [0.05, 0.1) is 30.9 Å². The number of anilines is 1. The zero-order valence-corrected chi connectivity index (χ0v) is 33.2. The van der Waals surface area contributed by atoms with E-state index in [0.717, 1.165) is 59.1 Å². The standard InChI is InChI=1S/C39H52N2O9S2/c1-9-40(22-14-24-51(44,45)48-7)29-18-20-31-28(25-36(38(2,3)4)50-34(31)26-29)15-13-16-35-39(5,6)32-27-30(52(46,47)49-8)19-21-33(32)41(35)23-12-10-11-17-37(42)43/h13,15-16,18-21,25-27H,9-12,14,17,22-24H2,1-8H3/p+1. The monoisotopic (exact) mass is 757 g/mol. The summed E-state index contributed by atoms with van der Waals surface area (Å²) in [7, 11) is -5.11. The third-order valence-electron chi connectivity index (χ3n) is 9.52. The van der Waals surface area contributed by atoms with Crippen LogP contribution in [-0.2, 0) is 44.2 Å². The van der Waals surface area contributed by atoms with Gasteiger partial charge in [0.1, 0.15) is 24.6 Å². The summed E-state index contributed by atoms with van der Waals surface area (Å²) < 4.78 is 67.0. The van der Waals surface area contributed by atoms with Gasteiger partial charge in [0.15, 0.2) is 0 Å². The number of carboxylic acid groups (broad SMARTS) is 1. The fraction of sp³-hybridized carbons (Fsp3) is 0.487. The quantitative estimate of drug-likeness (QED) is 0.0976. The first-order valence-corrected chi connectivity index (χ1v) is 20.6. The van der Waals surface area contributed by atoms with Crippen molar-refractivity contribution in [3.8, 4) is 11.3 Å². The lowest BCUT2D eigenvalue weighted by atomic mass is 9.83. The molecule has 2 aliphatic heterocycles. The summed E-state index contributed by atoms with van der Waals surface area (Å²) >= 11 is 0. The predicted octanol–water partition coefficient (Wildman–Crippen LogP) is 6.52. The van der Waals surface area contributed by atoms with Gasteiger partial charge in [-0.05, 0) is 67.3 Å². The minimum absolute atomic E-state index is 0.0615. The van der Waals surface area contributed by atoms with Crippen molar-refractivity contribution in [2.24, 2.45) is 0 Å². The average Bonchev–Trinajstić information content (AvgIpc) is 3.30. The van der Waals surface area contributed by atoms with Crippen LogP contribution in [0.5, 0.6) is 0 Å². The summed E-state index contributed by atoms with van der Waals surface area (Å²) in [6.07, 6.45) is 8.77. The van der Waals surface area contributed by atoms with E-state index in [1.165, 1.54) is 7.11 Å². The number of benzene rings is 2. The Morgan fingerprint density at radius 1 is 0.981 bits per heavy atom.